The molecule has 4 heteroatoms. The van der Waals surface area contributed by atoms with Crippen molar-refractivity contribution in [3.05, 3.63) is 70.6 Å². The summed E-state index contributed by atoms with van der Waals surface area (Å²) in [6.45, 7) is 0. The van der Waals surface area contributed by atoms with E-state index in [2.05, 4.69) is 51.7 Å². The molecular weight excluding hydrogens is 304 g/mol. The summed E-state index contributed by atoms with van der Waals surface area (Å²) in [4.78, 5) is 0. The lowest BCUT2D eigenvalue weighted by Gasteiger charge is -2.15. The number of benzene rings is 2. The SMILES string of the molecule is NNC(c1ccc2ccccc2c1)c1occc1Br. The average Bonchev–Trinajstić information content (AvgIpc) is 2.86. The molecule has 19 heavy (non-hydrogen) atoms. The summed E-state index contributed by atoms with van der Waals surface area (Å²) in [5.74, 6) is 6.45. The Morgan fingerprint density at radius 2 is 1.84 bits per heavy atom. The third-order valence-electron chi connectivity index (χ3n) is 3.18. The minimum absolute atomic E-state index is 0.172. The van der Waals surface area contributed by atoms with Crippen molar-refractivity contribution >= 4 is 26.7 Å². The van der Waals surface area contributed by atoms with Crippen LogP contribution in [-0.2, 0) is 0 Å². The molecule has 0 spiro atoms. The topological polar surface area (TPSA) is 51.2 Å². The average molecular weight is 317 g/mol. The van der Waals surface area contributed by atoms with Crippen LogP contribution in [0.15, 0.2) is 63.7 Å². The number of hydrazine groups is 1. The van der Waals surface area contributed by atoms with E-state index in [0.717, 1.165) is 15.8 Å². The van der Waals surface area contributed by atoms with Crippen molar-refractivity contribution in [3.63, 3.8) is 0 Å². The largest absolute Gasteiger partial charge is 0.466 e. The number of rotatable bonds is 3. The molecule has 1 atom stereocenters. The summed E-state index contributed by atoms with van der Waals surface area (Å²) in [5, 5.41) is 2.39. The fraction of sp³-hybridized carbons (Fsp3) is 0.0667. The van der Waals surface area contributed by atoms with E-state index in [4.69, 9.17) is 10.3 Å². The Bertz CT molecular complexity index is 708. The lowest BCUT2D eigenvalue weighted by Crippen LogP contribution is -2.28. The van der Waals surface area contributed by atoms with Crippen LogP contribution in [0.1, 0.15) is 17.4 Å². The number of halogens is 1. The molecule has 3 aromatic rings. The molecule has 0 radical (unpaired) electrons. The highest BCUT2D eigenvalue weighted by atomic mass is 79.9. The highest BCUT2D eigenvalue weighted by Crippen LogP contribution is 2.30. The zero-order valence-electron chi connectivity index (χ0n) is 10.1. The van der Waals surface area contributed by atoms with E-state index in [1.807, 2.05) is 18.2 Å². The minimum Gasteiger partial charge on any atom is -0.466 e. The summed E-state index contributed by atoms with van der Waals surface area (Å²) < 4.78 is 6.40. The molecule has 0 aliphatic heterocycles. The molecule has 3 nitrogen and oxygen atoms in total. The van der Waals surface area contributed by atoms with E-state index >= 15 is 0 Å². The number of hydrogen-bond donors (Lipinski definition) is 2. The molecule has 0 bridgehead atoms. The van der Waals surface area contributed by atoms with E-state index in [0.29, 0.717) is 0 Å². The smallest absolute Gasteiger partial charge is 0.140 e. The van der Waals surface area contributed by atoms with E-state index < -0.39 is 0 Å². The normalized spacial score (nSPS) is 12.7. The molecule has 2 aromatic carbocycles. The van der Waals surface area contributed by atoms with Crippen LogP contribution >= 0.6 is 15.9 Å². The van der Waals surface area contributed by atoms with Gasteiger partial charge in [-0.05, 0) is 44.4 Å². The van der Waals surface area contributed by atoms with Crippen LogP contribution in [0, 0.1) is 0 Å². The number of hydrogen-bond acceptors (Lipinski definition) is 3. The van der Waals surface area contributed by atoms with Crippen molar-refractivity contribution in [2.24, 2.45) is 5.84 Å². The van der Waals surface area contributed by atoms with E-state index in [-0.39, 0.29) is 6.04 Å². The Kier molecular flexibility index (Phi) is 3.38. The van der Waals surface area contributed by atoms with E-state index in [1.165, 1.54) is 10.8 Å². The Labute approximate surface area is 119 Å². The molecule has 1 unspecified atom stereocenters. The monoisotopic (exact) mass is 316 g/mol. The molecule has 3 N–H and O–H groups in total. The number of fused-ring (bicyclic) bond motifs is 1. The molecule has 0 saturated carbocycles. The minimum atomic E-state index is -0.172. The van der Waals surface area contributed by atoms with Crippen molar-refractivity contribution in [2.75, 3.05) is 0 Å². The molecule has 0 saturated heterocycles. The number of nitrogens with two attached hydrogens (primary N) is 1. The summed E-state index contributed by atoms with van der Waals surface area (Å²) >= 11 is 3.47. The van der Waals surface area contributed by atoms with Gasteiger partial charge in [-0.25, -0.2) is 5.43 Å². The van der Waals surface area contributed by atoms with Gasteiger partial charge in [0.05, 0.1) is 10.7 Å². The van der Waals surface area contributed by atoms with Crippen LogP contribution in [0.3, 0.4) is 0 Å². The Morgan fingerprint density at radius 3 is 2.53 bits per heavy atom. The second-order valence-corrected chi connectivity index (χ2v) is 5.19. The lowest BCUT2D eigenvalue weighted by atomic mass is 10.0. The van der Waals surface area contributed by atoms with Gasteiger partial charge in [0.2, 0.25) is 0 Å². The van der Waals surface area contributed by atoms with Gasteiger partial charge in [-0.3, -0.25) is 5.84 Å². The van der Waals surface area contributed by atoms with Crippen molar-refractivity contribution in [2.45, 2.75) is 6.04 Å². The lowest BCUT2D eigenvalue weighted by molar-refractivity contribution is 0.450. The van der Waals surface area contributed by atoms with Crippen LogP contribution in [0.25, 0.3) is 10.8 Å². The fourth-order valence-electron chi connectivity index (χ4n) is 2.22. The summed E-state index contributed by atoms with van der Waals surface area (Å²) in [6.07, 6.45) is 1.64. The second kappa shape index (κ2) is 5.17. The maximum Gasteiger partial charge on any atom is 0.140 e. The van der Waals surface area contributed by atoms with Gasteiger partial charge in [0.25, 0.3) is 0 Å². The van der Waals surface area contributed by atoms with Crippen molar-refractivity contribution in [1.29, 1.82) is 0 Å². The predicted octanol–water partition coefficient (Wildman–Crippen LogP) is 3.75. The highest BCUT2D eigenvalue weighted by molar-refractivity contribution is 9.10. The van der Waals surface area contributed by atoms with Crippen molar-refractivity contribution in [3.8, 4) is 0 Å². The maximum absolute atomic E-state index is 5.68. The molecule has 1 aromatic heterocycles. The third kappa shape index (κ3) is 2.30. The molecule has 96 valence electrons. The first kappa shape index (κ1) is 12.4. The predicted molar refractivity (Wildman–Crippen MR) is 79.5 cm³/mol. The second-order valence-electron chi connectivity index (χ2n) is 4.34. The van der Waals surface area contributed by atoms with Crippen molar-refractivity contribution in [1.82, 2.24) is 5.43 Å². The first-order valence-corrected chi connectivity index (χ1v) is 6.76. The molecule has 3 rings (SSSR count). The van der Waals surface area contributed by atoms with Crippen LogP contribution in [-0.4, -0.2) is 0 Å². The van der Waals surface area contributed by atoms with Crippen LogP contribution in [0.5, 0.6) is 0 Å². The molecular formula is C15H13BrN2O. The van der Waals surface area contributed by atoms with Gasteiger partial charge in [0, 0.05) is 0 Å². The van der Waals surface area contributed by atoms with Crippen LogP contribution in [0.2, 0.25) is 0 Å². The number of furan rings is 1. The van der Waals surface area contributed by atoms with Crippen molar-refractivity contribution < 1.29 is 4.42 Å². The fourth-order valence-corrected chi connectivity index (χ4v) is 2.65. The molecule has 0 fully saturated rings. The Morgan fingerprint density at radius 1 is 1.05 bits per heavy atom. The van der Waals surface area contributed by atoms with Crippen LogP contribution in [0.4, 0.5) is 0 Å². The van der Waals surface area contributed by atoms with Gasteiger partial charge in [0.1, 0.15) is 11.8 Å². The van der Waals surface area contributed by atoms with E-state index in [9.17, 15) is 0 Å². The Balaban J connectivity index is 2.09. The van der Waals surface area contributed by atoms with Gasteiger partial charge in [-0.15, -0.1) is 0 Å². The van der Waals surface area contributed by atoms with Gasteiger partial charge in [-0.2, -0.15) is 0 Å². The van der Waals surface area contributed by atoms with Crippen LogP contribution < -0.4 is 11.3 Å². The van der Waals surface area contributed by atoms with Gasteiger partial charge < -0.3 is 4.42 Å². The zero-order chi connectivity index (χ0) is 13.2. The molecule has 0 aliphatic rings. The summed E-state index contributed by atoms with van der Waals surface area (Å²) in [7, 11) is 0. The highest BCUT2D eigenvalue weighted by Gasteiger charge is 2.18. The first-order valence-electron chi connectivity index (χ1n) is 5.97. The van der Waals surface area contributed by atoms with Gasteiger partial charge in [-0.1, -0.05) is 36.4 Å². The molecule has 1 heterocycles. The summed E-state index contributed by atoms with van der Waals surface area (Å²) in [6, 6.07) is 16.2. The third-order valence-corrected chi connectivity index (χ3v) is 3.84. The standard InChI is InChI=1S/C15H13BrN2O/c16-13-7-8-19-15(13)14(18-17)12-6-5-10-3-1-2-4-11(10)9-12/h1-9,14,18H,17H2. The maximum atomic E-state index is 5.68. The Hall–Kier alpha value is -1.62. The van der Waals surface area contributed by atoms with Gasteiger partial charge in [0.15, 0.2) is 0 Å². The summed E-state index contributed by atoms with van der Waals surface area (Å²) in [5.41, 5.74) is 3.87. The quantitative estimate of drug-likeness (QED) is 0.571. The van der Waals surface area contributed by atoms with Gasteiger partial charge >= 0.3 is 0 Å². The molecule has 0 aliphatic carbocycles. The zero-order valence-corrected chi connectivity index (χ0v) is 11.7. The molecule has 0 amide bonds. The first-order chi connectivity index (χ1) is 9.29. The van der Waals surface area contributed by atoms with E-state index in [1.54, 1.807) is 6.26 Å². The number of nitrogens with one attached hydrogen (secondary N) is 1.